The van der Waals surface area contributed by atoms with E-state index in [0.29, 0.717) is 92.2 Å². The quantitative estimate of drug-likeness (QED) is 0.670. The molecule has 0 spiro atoms. The monoisotopic (exact) mass is 406 g/mol. The minimum Gasteiger partial charge on any atom is -0.450 e. The second-order valence-electron chi connectivity index (χ2n) is 5.82. The van der Waals surface area contributed by atoms with E-state index in [0.717, 1.165) is 0 Å². The molecular formula is C18H34N2O8. The number of hydrogen-bond donors (Lipinski definition) is 0. The van der Waals surface area contributed by atoms with Crippen LogP contribution in [0.5, 0.6) is 0 Å². The van der Waals surface area contributed by atoms with E-state index in [-0.39, 0.29) is 12.2 Å². The third-order valence-electron chi connectivity index (χ3n) is 3.82. The van der Waals surface area contributed by atoms with E-state index in [1.165, 1.54) is 0 Å². The molecule has 1 fully saturated rings. The lowest BCUT2D eigenvalue weighted by molar-refractivity contribution is 0.00636. The lowest BCUT2D eigenvalue weighted by atomic mass is 10.5. The number of carbonyl (C=O) groups excluding carboxylic acids is 2. The third kappa shape index (κ3) is 11.3. The Morgan fingerprint density at radius 3 is 1.14 bits per heavy atom. The number of ether oxygens (including phenoxy) is 6. The summed E-state index contributed by atoms with van der Waals surface area (Å²) >= 11 is 0. The Hall–Kier alpha value is -1.62. The molecule has 1 saturated heterocycles. The Balaban J connectivity index is 2.45. The summed E-state index contributed by atoms with van der Waals surface area (Å²) in [5.74, 6) is 0. The molecule has 10 heteroatoms. The number of hydrogen-bond acceptors (Lipinski definition) is 8. The van der Waals surface area contributed by atoms with Gasteiger partial charge in [0.25, 0.3) is 0 Å². The normalized spacial score (nSPS) is 19.4. The average molecular weight is 406 g/mol. The smallest absolute Gasteiger partial charge is 0.409 e. The van der Waals surface area contributed by atoms with Crippen LogP contribution in [0.2, 0.25) is 0 Å². The van der Waals surface area contributed by atoms with Gasteiger partial charge in [-0.15, -0.1) is 0 Å². The van der Waals surface area contributed by atoms with Crippen molar-refractivity contribution in [2.24, 2.45) is 0 Å². The van der Waals surface area contributed by atoms with Gasteiger partial charge in [0.15, 0.2) is 0 Å². The highest BCUT2D eigenvalue weighted by atomic mass is 16.6. The van der Waals surface area contributed by atoms with Gasteiger partial charge < -0.3 is 38.2 Å². The van der Waals surface area contributed by atoms with Crippen LogP contribution in [-0.4, -0.2) is 114 Å². The molecule has 0 aliphatic carbocycles. The molecule has 2 amide bonds. The molecule has 0 radical (unpaired) electrons. The Morgan fingerprint density at radius 1 is 0.607 bits per heavy atom. The first kappa shape index (κ1) is 24.4. The molecule has 0 unspecified atom stereocenters. The molecule has 0 aromatic carbocycles. The molecule has 0 saturated carbocycles. The van der Waals surface area contributed by atoms with E-state index >= 15 is 0 Å². The molecule has 28 heavy (non-hydrogen) atoms. The van der Waals surface area contributed by atoms with Crippen molar-refractivity contribution in [3.8, 4) is 0 Å². The van der Waals surface area contributed by atoms with Crippen molar-refractivity contribution in [1.29, 1.82) is 0 Å². The van der Waals surface area contributed by atoms with Gasteiger partial charge in [-0.2, -0.15) is 0 Å². The standard InChI is InChI=1S/C18H34N2O8/c1-3-27-17(21)19-5-9-23-13-15-25-11-7-20(18(22)28-4-2)8-12-26-16-14-24-10-6-19/h3-16H2,1-2H3. The fourth-order valence-electron chi connectivity index (χ4n) is 2.36. The van der Waals surface area contributed by atoms with Crippen LogP contribution >= 0.6 is 0 Å². The van der Waals surface area contributed by atoms with E-state index < -0.39 is 0 Å². The number of amides is 2. The summed E-state index contributed by atoms with van der Waals surface area (Å²) in [5.41, 5.74) is 0. The number of carbonyl (C=O) groups is 2. The Kier molecular flexibility index (Phi) is 14.3. The third-order valence-corrected chi connectivity index (χ3v) is 3.82. The molecule has 0 N–H and O–H groups in total. The van der Waals surface area contributed by atoms with Gasteiger partial charge in [0, 0.05) is 26.2 Å². The van der Waals surface area contributed by atoms with E-state index in [2.05, 4.69) is 0 Å². The van der Waals surface area contributed by atoms with E-state index in [4.69, 9.17) is 28.4 Å². The second-order valence-corrected chi connectivity index (χ2v) is 5.82. The molecule has 1 rings (SSSR count). The topological polar surface area (TPSA) is 96.0 Å². The average Bonchev–Trinajstić information content (AvgIpc) is 2.68. The number of rotatable bonds is 2. The van der Waals surface area contributed by atoms with Gasteiger partial charge in [-0.3, -0.25) is 0 Å². The van der Waals surface area contributed by atoms with E-state index in [1.807, 2.05) is 0 Å². The minimum atomic E-state index is -0.379. The number of nitrogens with zero attached hydrogens (tertiary/aromatic N) is 2. The van der Waals surface area contributed by atoms with E-state index in [1.54, 1.807) is 23.6 Å². The molecule has 0 aromatic heterocycles. The second kappa shape index (κ2) is 16.3. The zero-order valence-electron chi connectivity index (χ0n) is 17.1. The molecule has 164 valence electrons. The lowest BCUT2D eigenvalue weighted by Crippen LogP contribution is -2.38. The summed E-state index contributed by atoms with van der Waals surface area (Å²) in [7, 11) is 0. The van der Waals surface area contributed by atoms with Gasteiger partial charge in [0.05, 0.1) is 66.1 Å². The zero-order chi connectivity index (χ0) is 20.5. The first-order valence-corrected chi connectivity index (χ1v) is 9.83. The van der Waals surface area contributed by atoms with Crippen molar-refractivity contribution < 1.29 is 38.0 Å². The molecule has 0 aromatic rings. The zero-order valence-corrected chi connectivity index (χ0v) is 17.1. The van der Waals surface area contributed by atoms with Crippen LogP contribution in [0.15, 0.2) is 0 Å². The molecule has 1 aliphatic heterocycles. The van der Waals surface area contributed by atoms with Gasteiger partial charge in [-0.25, -0.2) is 9.59 Å². The van der Waals surface area contributed by atoms with Gasteiger partial charge in [0.2, 0.25) is 0 Å². The largest absolute Gasteiger partial charge is 0.450 e. The fourth-order valence-corrected chi connectivity index (χ4v) is 2.36. The Labute approximate surface area is 166 Å². The van der Waals surface area contributed by atoms with Crippen molar-refractivity contribution in [3.05, 3.63) is 0 Å². The molecule has 1 heterocycles. The first-order chi connectivity index (χ1) is 13.7. The SMILES string of the molecule is CCOC(=O)N1CCOCCOCCN(C(=O)OCC)CCOCCOCC1. The van der Waals surface area contributed by atoms with Crippen LogP contribution in [-0.2, 0) is 28.4 Å². The molecular weight excluding hydrogens is 372 g/mol. The lowest BCUT2D eigenvalue weighted by Gasteiger charge is -2.23. The van der Waals surface area contributed by atoms with Gasteiger partial charge in [0.1, 0.15) is 0 Å². The minimum absolute atomic E-state index is 0.321. The predicted octanol–water partition coefficient (Wildman–Crippen LogP) is 0.983. The maximum atomic E-state index is 12.0. The van der Waals surface area contributed by atoms with Crippen molar-refractivity contribution in [3.63, 3.8) is 0 Å². The summed E-state index contributed by atoms with van der Waals surface area (Å²) in [4.78, 5) is 27.0. The highest BCUT2D eigenvalue weighted by molar-refractivity contribution is 5.67. The summed E-state index contributed by atoms with van der Waals surface area (Å²) in [5, 5.41) is 0. The summed E-state index contributed by atoms with van der Waals surface area (Å²) in [6, 6.07) is 0. The van der Waals surface area contributed by atoms with Crippen molar-refractivity contribution >= 4 is 12.2 Å². The first-order valence-electron chi connectivity index (χ1n) is 9.83. The highest BCUT2D eigenvalue weighted by Crippen LogP contribution is 1.98. The van der Waals surface area contributed by atoms with Crippen LogP contribution in [0.4, 0.5) is 9.59 Å². The summed E-state index contributed by atoms with van der Waals surface area (Å²) < 4.78 is 32.1. The molecule has 1 aliphatic rings. The predicted molar refractivity (Wildman–Crippen MR) is 100 cm³/mol. The van der Waals surface area contributed by atoms with Gasteiger partial charge >= 0.3 is 12.2 Å². The van der Waals surface area contributed by atoms with Gasteiger partial charge in [-0.05, 0) is 13.8 Å². The van der Waals surface area contributed by atoms with Crippen LogP contribution in [0.3, 0.4) is 0 Å². The maximum absolute atomic E-state index is 12.0. The maximum Gasteiger partial charge on any atom is 0.409 e. The molecule has 0 atom stereocenters. The van der Waals surface area contributed by atoms with Crippen LogP contribution in [0.1, 0.15) is 13.8 Å². The van der Waals surface area contributed by atoms with Crippen LogP contribution in [0, 0.1) is 0 Å². The van der Waals surface area contributed by atoms with Crippen molar-refractivity contribution in [1.82, 2.24) is 9.80 Å². The van der Waals surface area contributed by atoms with Crippen LogP contribution < -0.4 is 0 Å². The van der Waals surface area contributed by atoms with Crippen molar-refractivity contribution in [2.45, 2.75) is 13.8 Å². The van der Waals surface area contributed by atoms with E-state index in [9.17, 15) is 9.59 Å². The highest BCUT2D eigenvalue weighted by Gasteiger charge is 2.15. The van der Waals surface area contributed by atoms with Crippen LogP contribution in [0.25, 0.3) is 0 Å². The fraction of sp³-hybridized carbons (Fsp3) is 0.889. The Bertz CT molecular complexity index is 366. The Morgan fingerprint density at radius 2 is 0.893 bits per heavy atom. The van der Waals surface area contributed by atoms with Gasteiger partial charge in [-0.1, -0.05) is 0 Å². The molecule has 10 nitrogen and oxygen atoms in total. The summed E-state index contributed by atoms with van der Waals surface area (Å²) in [6.45, 7) is 8.92. The van der Waals surface area contributed by atoms with Crippen molar-refractivity contribution in [2.75, 3.05) is 92.2 Å². The molecule has 0 bridgehead atoms. The summed E-state index contributed by atoms with van der Waals surface area (Å²) in [6.07, 6.45) is -0.758.